The maximum Gasteiger partial charge on any atom is 0.335 e. The third-order valence-corrected chi connectivity index (χ3v) is 4.78. The van der Waals surface area contributed by atoms with Crippen LogP contribution in [0, 0.1) is 0 Å². The molecule has 1 aliphatic rings. The molecule has 0 bridgehead atoms. The summed E-state index contributed by atoms with van der Waals surface area (Å²) in [5.74, 6) is -0.204. The number of hydrogen-bond donors (Lipinski definition) is 2. The zero-order valence-corrected chi connectivity index (χ0v) is 16.4. The van der Waals surface area contributed by atoms with Crippen molar-refractivity contribution >= 4 is 5.97 Å². The molecule has 4 heteroatoms. The molecule has 2 N–H and O–H groups in total. The summed E-state index contributed by atoms with van der Waals surface area (Å²) in [6.07, 6.45) is 6.35. The van der Waals surface area contributed by atoms with Crippen LogP contribution in [0.25, 0.3) is 0 Å². The Hall–Kier alpha value is -2.07. The van der Waals surface area contributed by atoms with Crippen molar-refractivity contribution in [1.82, 2.24) is 0 Å². The topological polar surface area (TPSA) is 66.8 Å². The Morgan fingerprint density at radius 2 is 1.88 bits per heavy atom. The molecule has 4 nitrogen and oxygen atoms in total. The van der Waals surface area contributed by atoms with Gasteiger partial charge in [-0.15, -0.1) is 0 Å². The third kappa shape index (κ3) is 4.98. The zero-order valence-electron chi connectivity index (χ0n) is 16.4. The molecule has 0 saturated heterocycles. The minimum Gasteiger partial charge on any atom is -0.486 e. The molecule has 0 amide bonds. The van der Waals surface area contributed by atoms with E-state index in [1.807, 2.05) is 27.7 Å². The summed E-state index contributed by atoms with van der Waals surface area (Å²) >= 11 is 0. The number of aromatic carboxylic acids is 1. The number of ether oxygens (including phenoxy) is 1. The average molecular weight is 358 g/mol. The molecule has 142 valence electrons. The van der Waals surface area contributed by atoms with Gasteiger partial charge in [0, 0.05) is 6.42 Å². The third-order valence-electron chi connectivity index (χ3n) is 4.78. The highest BCUT2D eigenvalue weighted by Gasteiger charge is 2.39. The molecule has 2 atom stereocenters. The highest BCUT2D eigenvalue weighted by molar-refractivity contribution is 5.88. The van der Waals surface area contributed by atoms with Gasteiger partial charge in [-0.2, -0.15) is 0 Å². The van der Waals surface area contributed by atoms with Gasteiger partial charge in [0.2, 0.25) is 0 Å². The molecule has 0 unspecified atom stereocenters. The van der Waals surface area contributed by atoms with Crippen molar-refractivity contribution in [2.75, 3.05) is 0 Å². The fourth-order valence-electron chi connectivity index (χ4n) is 3.19. The van der Waals surface area contributed by atoms with Gasteiger partial charge in [-0.05, 0) is 77.1 Å². The molecular weight excluding hydrogens is 328 g/mol. The maximum atomic E-state index is 11.5. The Bertz CT molecular complexity index is 733. The predicted octanol–water partition coefficient (Wildman–Crippen LogP) is 4.69. The molecule has 26 heavy (non-hydrogen) atoms. The molecule has 0 spiro atoms. The highest BCUT2D eigenvalue weighted by atomic mass is 16.5. The Balaban J connectivity index is 2.27. The van der Waals surface area contributed by atoms with E-state index in [0.717, 1.165) is 23.3 Å². The van der Waals surface area contributed by atoms with Crippen LogP contribution in [0.3, 0.4) is 0 Å². The molecule has 1 aromatic rings. The number of carboxylic acids is 1. The first-order chi connectivity index (χ1) is 12.1. The van der Waals surface area contributed by atoms with E-state index in [-0.39, 0.29) is 11.7 Å². The summed E-state index contributed by atoms with van der Waals surface area (Å²) in [5, 5.41) is 20.3. The van der Waals surface area contributed by atoms with Gasteiger partial charge in [-0.3, -0.25) is 0 Å². The molecular formula is C22H30O4. The van der Waals surface area contributed by atoms with Crippen LogP contribution in [0.5, 0.6) is 5.75 Å². The molecule has 0 saturated carbocycles. The van der Waals surface area contributed by atoms with Crippen LogP contribution in [0.1, 0.15) is 68.9 Å². The minimum atomic E-state index is -0.970. The van der Waals surface area contributed by atoms with Gasteiger partial charge in [-0.1, -0.05) is 23.3 Å². The molecule has 0 aliphatic carbocycles. The van der Waals surface area contributed by atoms with E-state index in [1.165, 1.54) is 11.1 Å². The molecule has 0 fully saturated rings. The lowest BCUT2D eigenvalue weighted by Crippen LogP contribution is -2.42. The Morgan fingerprint density at radius 3 is 2.46 bits per heavy atom. The van der Waals surface area contributed by atoms with E-state index in [4.69, 9.17) is 4.74 Å². The van der Waals surface area contributed by atoms with Crippen molar-refractivity contribution in [1.29, 1.82) is 0 Å². The van der Waals surface area contributed by atoms with E-state index in [9.17, 15) is 15.0 Å². The summed E-state index contributed by atoms with van der Waals surface area (Å²) in [4.78, 5) is 11.5. The lowest BCUT2D eigenvalue weighted by Gasteiger charge is -2.29. The number of benzene rings is 1. The lowest BCUT2D eigenvalue weighted by molar-refractivity contribution is -0.0435. The Labute approximate surface area is 156 Å². The molecule has 0 radical (unpaired) electrons. The van der Waals surface area contributed by atoms with Gasteiger partial charge >= 0.3 is 5.97 Å². The summed E-state index contributed by atoms with van der Waals surface area (Å²) in [7, 11) is 0. The second-order valence-corrected chi connectivity index (χ2v) is 7.90. The van der Waals surface area contributed by atoms with Gasteiger partial charge in [0.25, 0.3) is 0 Å². The van der Waals surface area contributed by atoms with Crippen molar-refractivity contribution in [2.45, 2.75) is 72.0 Å². The van der Waals surface area contributed by atoms with Crippen molar-refractivity contribution in [3.05, 3.63) is 52.1 Å². The van der Waals surface area contributed by atoms with Gasteiger partial charge in [-0.25, -0.2) is 4.79 Å². The van der Waals surface area contributed by atoms with Gasteiger partial charge < -0.3 is 14.9 Å². The minimum absolute atomic E-state index is 0.273. The zero-order chi connectivity index (χ0) is 19.5. The number of rotatable bonds is 7. The Morgan fingerprint density at radius 1 is 1.23 bits per heavy atom. The van der Waals surface area contributed by atoms with E-state index < -0.39 is 11.6 Å². The first kappa shape index (κ1) is 20.2. The molecule has 2 rings (SSSR count). The van der Waals surface area contributed by atoms with Crippen molar-refractivity contribution in [3.63, 3.8) is 0 Å². The first-order valence-corrected chi connectivity index (χ1v) is 9.15. The van der Waals surface area contributed by atoms with Crippen LogP contribution < -0.4 is 4.74 Å². The highest BCUT2D eigenvalue weighted by Crippen LogP contribution is 2.39. The summed E-state index contributed by atoms with van der Waals surface area (Å²) in [6.45, 7) is 9.91. The van der Waals surface area contributed by atoms with Crippen LogP contribution in [0.2, 0.25) is 0 Å². The lowest BCUT2D eigenvalue weighted by atomic mass is 9.89. The number of allylic oxidation sites excluding steroid dienone is 4. The monoisotopic (exact) mass is 358 g/mol. The van der Waals surface area contributed by atoms with Gasteiger partial charge in [0.1, 0.15) is 11.9 Å². The van der Waals surface area contributed by atoms with Crippen LogP contribution in [0.4, 0.5) is 0 Å². The SMILES string of the molecule is CC(C)=CCC[C@@](C)(O)[C@H]1Cc2cc(C(=O)O)cc(CC=C(C)C)c2O1. The van der Waals surface area contributed by atoms with Crippen LogP contribution >= 0.6 is 0 Å². The van der Waals surface area contributed by atoms with E-state index in [2.05, 4.69) is 12.2 Å². The van der Waals surface area contributed by atoms with Crippen molar-refractivity contribution in [2.24, 2.45) is 0 Å². The largest absolute Gasteiger partial charge is 0.486 e. The van der Waals surface area contributed by atoms with Crippen molar-refractivity contribution < 1.29 is 19.7 Å². The summed E-state index contributed by atoms with van der Waals surface area (Å²) in [6, 6.07) is 3.36. The van der Waals surface area contributed by atoms with E-state index in [1.54, 1.807) is 19.1 Å². The van der Waals surface area contributed by atoms with Crippen LogP contribution in [-0.2, 0) is 12.8 Å². The summed E-state index contributed by atoms with van der Waals surface area (Å²) < 4.78 is 6.13. The van der Waals surface area contributed by atoms with Crippen molar-refractivity contribution in [3.8, 4) is 5.75 Å². The normalized spacial score (nSPS) is 17.7. The molecule has 1 heterocycles. The molecule has 1 aliphatic heterocycles. The van der Waals surface area contributed by atoms with Crippen LogP contribution in [0.15, 0.2) is 35.4 Å². The van der Waals surface area contributed by atoms with Crippen LogP contribution in [-0.4, -0.2) is 27.9 Å². The standard InChI is InChI=1S/C22H30O4/c1-14(2)7-6-10-22(5,25)19-13-17-12-18(21(23)24)11-16(20(17)26-19)9-8-15(3)4/h7-8,11-12,19,25H,6,9-10,13H2,1-5H3,(H,23,24)/t19-,22-/m1/s1. The molecule has 1 aromatic carbocycles. The first-order valence-electron chi connectivity index (χ1n) is 9.15. The summed E-state index contributed by atoms with van der Waals surface area (Å²) in [5.41, 5.74) is 3.43. The van der Waals surface area contributed by atoms with E-state index >= 15 is 0 Å². The second-order valence-electron chi connectivity index (χ2n) is 7.90. The number of hydrogen-bond acceptors (Lipinski definition) is 3. The smallest absolute Gasteiger partial charge is 0.335 e. The molecule has 0 aromatic heterocycles. The number of carbonyl (C=O) groups is 1. The second kappa shape index (κ2) is 8.09. The number of carboxylic acid groups (broad SMARTS) is 1. The van der Waals surface area contributed by atoms with Gasteiger partial charge in [0.15, 0.2) is 0 Å². The fraction of sp³-hybridized carbons (Fsp3) is 0.500. The quantitative estimate of drug-likeness (QED) is 0.694. The maximum absolute atomic E-state index is 11.5. The fourth-order valence-corrected chi connectivity index (χ4v) is 3.19. The predicted molar refractivity (Wildman–Crippen MR) is 104 cm³/mol. The number of fused-ring (bicyclic) bond motifs is 1. The number of aliphatic hydroxyl groups is 1. The van der Waals surface area contributed by atoms with Gasteiger partial charge in [0.05, 0.1) is 11.2 Å². The van der Waals surface area contributed by atoms with E-state index in [0.29, 0.717) is 19.3 Å². The Kier molecular flexibility index (Phi) is 6.30. The average Bonchev–Trinajstić information content (AvgIpc) is 2.96.